The zero-order chi connectivity index (χ0) is 13.8. The van der Waals surface area contributed by atoms with E-state index in [2.05, 4.69) is 4.90 Å². The van der Waals surface area contributed by atoms with Gasteiger partial charge in [0.25, 0.3) is 5.69 Å². The van der Waals surface area contributed by atoms with Crippen molar-refractivity contribution in [2.45, 2.75) is 12.8 Å². The Kier molecular flexibility index (Phi) is 4.21. The maximum atomic E-state index is 10.9. The van der Waals surface area contributed by atoms with Gasteiger partial charge in [0, 0.05) is 37.5 Å². The summed E-state index contributed by atoms with van der Waals surface area (Å²) in [6, 6.07) is 4.81. The average Bonchev–Trinajstić information content (AvgIpc) is 2.87. The van der Waals surface area contributed by atoms with Crippen LogP contribution < -0.4 is 9.64 Å². The molecule has 6 nitrogen and oxygen atoms in total. The lowest BCUT2D eigenvalue weighted by Gasteiger charge is -2.19. The summed E-state index contributed by atoms with van der Waals surface area (Å²) in [7, 11) is 1.50. The second kappa shape index (κ2) is 5.88. The van der Waals surface area contributed by atoms with Crippen LogP contribution >= 0.6 is 0 Å². The number of nitrogens with zero attached hydrogens (tertiary/aromatic N) is 2. The van der Waals surface area contributed by atoms with Gasteiger partial charge in [-0.3, -0.25) is 10.1 Å². The van der Waals surface area contributed by atoms with E-state index in [1.165, 1.54) is 13.2 Å². The van der Waals surface area contributed by atoms with Crippen molar-refractivity contribution in [2.75, 3.05) is 31.7 Å². The number of benzene rings is 1. The molecule has 0 amide bonds. The van der Waals surface area contributed by atoms with Gasteiger partial charge in [0.1, 0.15) is 5.75 Å². The maximum Gasteiger partial charge on any atom is 0.275 e. The third-order valence-electron chi connectivity index (χ3n) is 3.51. The molecular weight excluding hydrogens is 248 g/mol. The number of nitro benzene ring substituents is 1. The van der Waals surface area contributed by atoms with Crippen LogP contribution in [0.1, 0.15) is 12.8 Å². The van der Waals surface area contributed by atoms with Crippen molar-refractivity contribution in [2.24, 2.45) is 5.92 Å². The largest absolute Gasteiger partial charge is 0.496 e. The average molecular weight is 266 g/mol. The first-order valence-corrected chi connectivity index (χ1v) is 6.33. The summed E-state index contributed by atoms with van der Waals surface area (Å²) in [6.45, 7) is 1.87. The summed E-state index contributed by atoms with van der Waals surface area (Å²) in [5.41, 5.74) is 0.853. The highest BCUT2D eigenvalue weighted by Gasteiger charge is 2.24. The number of ether oxygens (including phenoxy) is 1. The molecule has 1 atom stereocenters. The number of anilines is 1. The van der Waals surface area contributed by atoms with Gasteiger partial charge in [0.15, 0.2) is 0 Å². The zero-order valence-corrected chi connectivity index (χ0v) is 10.9. The molecule has 0 aliphatic carbocycles. The lowest BCUT2D eigenvalue weighted by atomic mass is 10.1. The van der Waals surface area contributed by atoms with Gasteiger partial charge in [-0.15, -0.1) is 0 Å². The van der Waals surface area contributed by atoms with E-state index < -0.39 is 4.92 Å². The Bertz CT molecular complexity index is 464. The predicted molar refractivity (Wildman–Crippen MR) is 71.7 cm³/mol. The van der Waals surface area contributed by atoms with Crippen LogP contribution in [-0.2, 0) is 0 Å². The van der Waals surface area contributed by atoms with E-state index in [-0.39, 0.29) is 12.3 Å². The highest BCUT2D eigenvalue weighted by molar-refractivity contribution is 5.58. The van der Waals surface area contributed by atoms with Crippen LogP contribution in [0.3, 0.4) is 0 Å². The van der Waals surface area contributed by atoms with Crippen molar-refractivity contribution < 1.29 is 14.8 Å². The van der Waals surface area contributed by atoms with E-state index in [1.807, 2.05) is 6.07 Å². The maximum absolute atomic E-state index is 10.9. The van der Waals surface area contributed by atoms with Gasteiger partial charge in [0.2, 0.25) is 0 Å². The SMILES string of the molecule is COc1cc(N2CCC(CCO)C2)cc([N+](=O)[O-])c1. The first-order chi connectivity index (χ1) is 9.13. The molecule has 0 spiro atoms. The fourth-order valence-electron chi connectivity index (χ4n) is 2.46. The molecule has 1 N–H and O–H groups in total. The number of non-ortho nitro benzene ring substituents is 1. The van der Waals surface area contributed by atoms with Gasteiger partial charge >= 0.3 is 0 Å². The molecule has 1 aliphatic heterocycles. The number of rotatable bonds is 5. The Balaban J connectivity index is 2.20. The van der Waals surface area contributed by atoms with Crippen molar-refractivity contribution in [1.82, 2.24) is 0 Å². The Morgan fingerprint density at radius 1 is 1.53 bits per heavy atom. The van der Waals surface area contributed by atoms with Gasteiger partial charge < -0.3 is 14.7 Å². The van der Waals surface area contributed by atoms with Gasteiger partial charge in [-0.25, -0.2) is 0 Å². The number of aliphatic hydroxyl groups excluding tert-OH is 1. The zero-order valence-electron chi connectivity index (χ0n) is 10.9. The Labute approximate surface area is 111 Å². The van der Waals surface area contributed by atoms with E-state index in [0.717, 1.165) is 31.6 Å². The summed E-state index contributed by atoms with van der Waals surface area (Å²) in [5.74, 6) is 0.949. The van der Waals surface area contributed by atoms with E-state index in [0.29, 0.717) is 11.7 Å². The molecule has 2 rings (SSSR count). The number of hydrogen-bond donors (Lipinski definition) is 1. The number of aliphatic hydroxyl groups is 1. The van der Waals surface area contributed by atoms with Crippen LogP contribution in [0.25, 0.3) is 0 Å². The van der Waals surface area contributed by atoms with Gasteiger partial charge in [-0.1, -0.05) is 0 Å². The van der Waals surface area contributed by atoms with Crippen LogP contribution in [0.2, 0.25) is 0 Å². The van der Waals surface area contributed by atoms with Crippen molar-refractivity contribution in [1.29, 1.82) is 0 Å². The standard InChI is InChI=1S/C13H18N2O4/c1-19-13-7-11(6-12(8-13)15(17)18)14-4-2-10(9-14)3-5-16/h6-8,10,16H,2-5,9H2,1H3. The van der Waals surface area contributed by atoms with Crippen LogP contribution in [0.5, 0.6) is 5.75 Å². The molecule has 1 aromatic rings. The summed E-state index contributed by atoms with van der Waals surface area (Å²) in [5, 5.41) is 19.9. The second-order valence-electron chi connectivity index (χ2n) is 4.76. The monoisotopic (exact) mass is 266 g/mol. The first-order valence-electron chi connectivity index (χ1n) is 6.33. The summed E-state index contributed by atoms with van der Waals surface area (Å²) in [6.07, 6.45) is 1.79. The second-order valence-corrected chi connectivity index (χ2v) is 4.76. The van der Waals surface area contributed by atoms with Crippen molar-refractivity contribution in [3.63, 3.8) is 0 Å². The topological polar surface area (TPSA) is 75.8 Å². The molecule has 0 saturated carbocycles. The van der Waals surface area contributed by atoms with Gasteiger partial charge in [0.05, 0.1) is 18.1 Å². The molecule has 1 aromatic carbocycles. The van der Waals surface area contributed by atoms with Crippen molar-refractivity contribution in [3.8, 4) is 5.75 Å². The van der Waals surface area contributed by atoms with Crippen LogP contribution in [0.15, 0.2) is 18.2 Å². The number of methoxy groups -OCH3 is 1. The van der Waals surface area contributed by atoms with Crippen LogP contribution in [0, 0.1) is 16.0 Å². The fraction of sp³-hybridized carbons (Fsp3) is 0.538. The minimum Gasteiger partial charge on any atom is -0.496 e. The minimum atomic E-state index is -0.409. The molecule has 0 bridgehead atoms. The Hall–Kier alpha value is -1.82. The summed E-state index contributed by atoms with van der Waals surface area (Å²) < 4.78 is 5.11. The highest BCUT2D eigenvalue weighted by atomic mass is 16.6. The molecule has 1 aliphatic rings. The van der Waals surface area contributed by atoms with Gasteiger partial charge in [-0.05, 0) is 18.8 Å². The summed E-state index contributed by atoms with van der Waals surface area (Å²) in [4.78, 5) is 12.6. The molecule has 1 heterocycles. The molecule has 6 heteroatoms. The molecule has 19 heavy (non-hydrogen) atoms. The third kappa shape index (κ3) is 3.14. The van der Waals surface area contributed by atoms with E-state index in [9.17, 15) is 10.1 Å². The molecule has 0 radical (unpaired) electrons. The first kappa shape index (κ1) is 13.6. The van der Waals surface area contributed by atoms with Crippen LogP contribution in [0.4, 0.5) is 11.4 Å². The quantitative estimate of drug-likeness (QED) is 0.649. The fourth-order valence-corrected chi connectivity index (χ4v) is 2.46. The Morgan fingerprint density at radius 2 is 2.32 bits per heavy atom. The number of hydrogen-bond acceptors (Lipinski definition) is 5. The van der Waals surface area contributed by atoms with Crippen molar-refractivity contribution in [3.05, 3.63) is 28.3 Å². The molecule has 1 fully saturated rings. The summed E-state index contributed by atoms with van der Waals surface area (Å²) >= 11 is 0. The van der Waals surface area contributed by atoms with Crippen molar-refractivity contribution >= 4 is 11.4 Å². The Morgan fingerprint density at radius 3 is 2.95 bits per heavy atom. The lowest BCUT2D eigenvalue weighted by molar-refractivity contribution is -0.384. The molecule has 1 saturated heterocycles. The smallest absolute Gasteiger partial charge is 0.275 e. The predicted octanol–water partition coefficient (Wildman–Crippen LogP) is 1.81. The lowest BCUT2D eigenvalue weighted by Crippen LogP contribution is -2.20. The van der Waals surface area contributed by atoms with E-state index in [1.54, 1.807) is 6.07 Å². The normalized spacial score (nSPS) is 18.6. The third-order valence-corrected chi connectivity index (χ3v) is 3.51. The van der Waals surface area contributed by atoms with Crippen LogP contribution in [-0.4, -0.2) is 36.8 Å². The molecular formula is C13H18N2O4. The molecule has 0 aromatic heterocycles. The highest BCUT2D eigenvalue weighted by Crippen LogP contribution is 2.32. The molecule has 104 valence electrons. The van der Waals surface area contributed by atoms with E-state index in [4.69, 9.17) is 9.84 Å². The van der Waals surface area contributed by atoms with E-state index >= 15 is 0 Å². The minimum absolute atomic E-state index is 0.0416. The number of nitro groups is 1. The van der Waals surface area contributed by atoms with Gasteiger partial charge in [-0.2, -0.15) is 0 Å². The molecule has 1 unspecified atom stereocenters.